The summed E-state index contributed by atoms with van der Waals surface area (Å²) in [4.78, 5) is 21.4. The monoisotopic (exact) mass is 290 g/mol. The summed E-state index contributed by atoms with van der Waals surface area (Å²) < 4.78 is 0. The summed E-state index contributed by atoms with van der Waals surface area (Å²) in [5.74, 6) is -1.36. The van der Waals surface area contributed by atoms with Crippen LogP contribution in [0.25, 0.3) is 0 Å². The topological polar surface area (TPSA) is 74.6 Å². The maximum absolute atomic E-state index is 10.9. The molecule has 0 heterocycles. The third kappa shape index (κ3) is 8.14. The van der Waals surface area contributed by atoms with Gasteiger partial charge >= 0.3 is 11.9 Å². The Hall–Kier alpha value is -0.710. The van der Waals surface area contributed by atoms with E-state index in [9.17, 15) is 9.59 Å². The van der Waals surface area contributed by atoms with Crippen molar-refractivity contribution in [1.82, 2.24) is 0 Å². The normalized spacial score (nSPS) is 13.2. The van der Waals surface area contributed by atoms with Gasteiger partial charge in [0.2, 0.25) is 0 Å². The van der Waals surface area contributed by atoms with Crippen molar-refractivity contribution in [2.24, 2.45) is 5.41 Å². The van der Waals surface area contributed by atoms with E-state index in [1.165, 1.54) is 11.8 Å². The molecule has 0 aliphatic heterocycles. The second-order valence-electron chi connectivity index (χ2n) is 5.27. The maximum atomic E-state index is 10.9. The largest absolute Gasteiger partial charge is 0.481 e. The minimum atomic E-state index is -1.05. The van der Waals surface area contributed by atoms with Crippen LogP contribution in [0.1, 0.15) is 59.3 Å². The molecule has 1 atom stereocenters. The van der Waals surface area contributed by atoms with Gasteiger partial charge in [-0.1, -0.05) is 40.0 Å². The van der Waals surface area contributed by atoms with Crippen LogP contribution < -0.4 is 0 Å². The summed E-state index contributed by atoms with van der Waals surface area (Å²) in [7, 11) is 0. The molecule has 0 saturated heterocycles. The second-order valence-corrected chi connectivity index (χ2v) is 6.58. The number of thioether (sulfide) groups is 1. The van der Waals surface area contributed by atoms with Gasteiger partial charge < -0.3 is 10.2 Å². The highest BCUT2D eigenvalue weighted by Gasteiger charge is 2.22. The first-order chi connectivity index (χ1) is 8.84. The Kier molecular flexibility index (Phi) is 8.89. The van der Waals surface area contributed by atoms with Gasteiger partial charge in [0.25, 0.3) is 0 Å². The fourth-order valence-electron chi connectivity index (χ4n) is 1.86. The van der Waals surface area contributed by atoms with E-state index in [1.807, 2.05) is 0 Å². The summed E-state index contributed by atoms with van der Waals surface area (Å²) in [6.45, 7) is 6.68. The van der Waals surface area contributed by atoms with Gasteiger partial charge in [-0.2, -0.15) is 0 Å². The van der Waals surface area contributed by atoms with Crippen molar-refractivity contribution in [2.45, 2.75) is 64.5 Å². The molecule has 2 N–H and O–H groups in total. The first-order valence-corrected chi connectivity index (χ1v) is 7.95. The predicted molar refractivity (Wildman–Crippen MR) is 78.7 cm³/mol. The lowest BCUT2D eigenvalue weighted by molar-refractivity contribution is -0.142. The summed E-state index contributed by atoms with van der Waals surface area (Å²) in [5, 5.41) is 16.7. The number of carboxylic acid groups (broad SMARTS) is 2. The molecule has 0 aromatic heterocycles. The highest BCUT2D eigenvalue weighted by molar-refractivity contribution is 8.00. The Labute approximate surface area is 120 Å². The first kappa shape index (κ1) is 18.3. The molecular formula is C14H26O4S. The van der Waals surface area contributed by atoms with Crippen molar-refractivity contribution in [3.8, 4) is 0 Å². The molecule has 0 rings (SSSR count). The number of carbonyl (C=O) groups is 2. The van der Waals surface area contributed by atoms with E-state index in [-0.39, 0.29) is 6.42 Å². The van der Waals surface area contributed by atoms with Gasteiger partial charge in [0.1, 0.15) is 5.25 Å². The molecule has 0 fully saturated rings. The summed E-state index contributed by atoms with van der Waals surface area (Å²) >= 11 is 1.24. The quantitative estimate of drug-likeness (QED) is 0.568. The van der Waals surface area contributed by atoms with E-state index in [1.54, 1.807) is 0 Å². The third-order valence-corrected chi connectivity index (χ3v) is 5.13. The Morgan fingerprint density at radius 1 is 1.16 bits per heavy atom. The number of carboxylic acids is 2. The first-order valence-electron chi connectivity index (χ1n) is 6.91. The minimum absolute atomic E-state index is 0.304. The molecule has 0 aromatic carbocycles. The van der Waals surface area contributed by atoms with Crippen LogP contribution >= 0.6 is 11.8 Å². The van der Waals surface area contributed by atoms with Gasteiger partial charge in [-0.15, -0.1) is 11.8 Å². The van der Waals surface area contributed by atoms with E-state index in [4.69, 9.17) is 10.2 Å². The van der Waals surface area contributed by atoms with Gasteiger partial charge in [-0.05, 0) is 24.0 Å². The number of rotatable bonds is 11. The maximum Gasteiger partial charge on any atom is 0.317 e. The third-order valence-electron chi connectivity index (χ3n) is 3.84. The van der Waals surface area contributed by atoms with E-state index < -0.39 is 17.2 Å². The van der Waals surface area contributed by atoms with Crippen molar-refractivity contribution >= 4 is 23.7 Å². The molecule has 0 radical (unpaired) electrons. The highest BCUT2D eigenvalue weighted by atomic mass is 32.2. The molecule has 19 heavy (non-hydrogen) atoms. The van der Waals surface area contributed by atoms with Gasteiger partial charge in [0.15, 0.2) is 0 Å². The molecule has 112 valence electrons. The average molecular weight is 290 g/mol. The molecule has 0 aromatic rings. The van der Waals surface area contributed by atoms with Crippen LogP contribution in [0.3, 0.4) is 0 Å². The molecule has 0 aliphatic carbocycles. The van der Waals surface area contributed by atoms with Crippen LogP contribution in [0.15, 0.2) is 0 Å². The van der Waals surface area contributed by atoms with Crippen molar-refractivity contribution in [3.63, 3.8) is 0 Å². The predicted octanol–water partition coefficient (Wildman–Crippen LogP) is 3.64. The standard InChI is InChI=1S/C14H26O4S/c1-4-14(3,5-2)8-6-7-9-19-11(13(17)18)10-12(15)16/h11H,4-10H2,1-3H3,(H,15,16)(H,17,18). The zero-order valence-electron chi connectivity index (χ0n) is 12.1. The fourth-order valence-corrected chi connectivity index (χ4v) is 2.92. The number of unbranched alkanes of at least 4 members (excludes halogenated alkanes) is 1. The second kappa shape index (κ2) is 9.23. The Morgan fingerprint density at radius 3 is 2.16 bits per heavy atom. The lowest BCUT2D eigenvalue weighted by atomic mass is 9.80. The SMILES string of the molecule is CCC(C)(CC)CCCCSC(CC(=O)O)C(=O)O. The highest BCUT2D eigenvalue weighted by Crippen LogP contribution is 2.32. The van der Waals surface area contributed by atoms with Crippen molar-refractivity contribution in [3.05, 3.63) is 0 Å². The number of hydrogen-bond donors (Lipinski definition) is 2. The van der Waals surface area contributed by atoms with Gasteiger partial charge in [-0.3, -0.25) is 9.59 Å². The molecule has 5 heteroatoms. The summed E-state index contributed by atoms with van der Waals surface area (Å²) in [6, 6.07) is 0. The fraction of sp³-hybridized carbons (Fsp3) is 0.857. The molecule has 0 spiro atoms. The van der Waals surface area contributed by atoms with E-state index in [2.05, 4.69) is 20.8 Å². The van der Waals surface area contributed by atoms with Crippen LogP contribution in [0, 0.1) is 5.41 Å². The van der Waals surface area contributed by atoms with Crippen LogP contribution in [0.4, 0.5) is 0 Å². The van der Waals surface area contributed by atoms with Crippen molar-refractivity contribution in [1.29, 1.82) is 0 Å². The molecule has 0 saturated carbocycles. The van der Waals surface area contributed by atoms with Crippen LogP contribution in [0.5, 0.6) is 0 Å². The zero-order valence-corrected chi connectivity index (χ0v) is 13.0. The molecule has 1 unspecified atom stereocenters. The van der Waals surface area contributed by atoms with Gasteiger partial charge in [0, 0.05) is 0 Å². The van der Waals surface area contributed by atoms with E-state index in [0.29, 0.717) is 11.2 Å². The summed E-state index contributed by atoms with van der Waals surface area (Å²) in [5.41, 5.74) is 0.387. The lowest BCUT2D eigenvalue weighted by Gasteiger charge is -2.26. The van der Waals surface area contributed by atoms with Crippen molar-refractivity contribution < 1.29 is 19.8 Å². The Balaban J connectivity index is 3.89. The van der Waals surface area contributed by atoms with Crippen LogP contribution in [0.2, 0.25) is 0 Å². The molecule has 4 nitrogen and oxygen atoms in total. The minimum Gasteiger partial charge on any atom is -0.481 e. The summed E-state index contributed by atoms with van der Waals surface area (Å²) in [6.07, 6.45) is 5.19. The molecule has 0 bridgehead atoms. The van der Waals surface area contributed by atoms with Crippen LogP contribution in [-0.4, -0.2) is 33.2 Å². The average Bonchev–Trinajstić information content (AvgIpc) is 2.36. The smallest absolute Gasteiger partial charge is 0.317 e. The van der Waals surface area contributed by atoms with Crippen molar-refractivity contribution in [2.75, 3.05) is 5.75 Å². The Morgan fingerprint density at radius 2 is 1.74 bits per heavy atom. The van der Waals surface area contributed by atoms with E-state index >= 15 is 0 Å². The number of aliphatic carboxylic acids is 2. The lowest BCUT2D eigenvalue weighted by Crippen LogP contribution is -2.20. The van der Waals surface area contributed by atoms with Gasteiger partial charge in [0.05, 0.1) is 6.42 Å². The van der Waals surface area contributed by atoms with Crippen LogP contribution in [-0.2, 0) is 9.59 Å². The van der Waals surface area contributed by atoms with E-state index in [0.717, 1.165) is 32.1 Å². The number of hydrogen-bond acceptors (Lipinski definition) is 3. The molecule has 0 amide bonds. The molecular weight excluding hydrogens is 264 g/mol. The zero-order chi connectivity index (χ0) is 14.9. The molecule has 0 aliphatic rings. The Bertz CT molecular complexity index is 287. The van der Waals surface area contributed by atoms with Gasteiger partial charge in [-0.25, -0.2) is 0 Å².